The highest BCUT2D eigenvalue weighted by atomic mass is 32.3. The Morgan fingerprint density at radius 2 is 1.44 bits per heavy atom. The third-order valence-electron chi connectivity index (χ3n) is 2.69. The van der Waals surface area contributed by atoms with Crippen molar-refractivity contribution in [2.45, 2.75) is 35.0 Å². The van der Waals surface area contributed by atoms with Crippen LogP contribution in [0.2, 0.25) is 0 Å². The van der Waals surface area contributed by atoms with E-state index in [1.807, 2.05) is 6.92 Å². The van der Waals surface area contributed by atoms with Gasteiger partial charge in [-0.05, 0) is 5.75 Å². The second-order valence-electron chi connectivity index (χ2n) is 4.57. The first kappa shape index (κ1) is 24.8. The molecule has 0 aliphatic heterocycles. The first-order chi connectivity index (χ1) is 11.1. The van der Waals surface area contributed by atoms with Crippen molar-refractivity contribution in [3.05, 3.63) is 0 Å². The summed E-state index contributed by atoms with van der Waals surface area (Å²) in [7, 11) is -13.5. The minimum absolute atomic E-state index is 0.0156. The van der Waals surface area contributed by atoms with Gasteiger partial charge in [0.15, 0.2) is 4.58 Å². The number of rotatable bonds is 10. The Kier molecular flexibility index (Phi) is 9.01. The summed E-state index contributed by atoms with van der Waals surface area (Å²) in [6, 6.07) is 0. The van der Waals surface area contributed by atoms with E-state index in [4.69, 9.17) is 4.74 Å². The molecule has 0 heterocycles. The van der Waals surface area contributed by atoms with Crippen LogP contribution in [-0.2, 0) is 24.4 Å². The Hall–Kier alpha value is -0.250. The maximum absolute atomic E-state index is 12.5. The van der Waals surface area contributed by atoms with Gasteiger partial charge >= 0.3 is 11.0 Å². The lowest BCUT2D eigenvalue weighted by atomic mass is 10.3. The molecule has 15 heteroatoms. The average molecular weight is 442 g/mol. The van der Waals surface area contributed by atoms with Crippen molar-refractivity contribution in [1.29, 1.82) is 0 Å². The zero-order valence-corrected chi connectivity index (χ0v) is 15.1. The Morgan fingerprint density at radius 1 is 1.00 bits per heavy atom. The standard InChI is InChI=1S/C10H16F6O6S3/c1-2-23-4-3-22-6-7(17)5-8(24(18,19)9(11,12)13)25(20,21)10(14,15)16/h7-8,17H,2-6H2,1H3. The van der Waals surface area contributed by atoms with Gasteiger partial charge in [0.05, 0.1) is 19.3 Å². The van der Waals surface area contributed by atoms with Crippen LogP contribution in [0.4, 0.5) is 26.3 Å². The lowest BCUT2D eigenvalue weighted by Crippen LogP contribution is -2.46. The van der Waals surface area contributed by atoms with E-state index in [1.165, 1.54) is 11.8 Å². The molecule has 0 aromatic rings. The van der Waals surface area contributed by atoms with Gasteiger partial charge in [0.2, 0.25) is 0 Å². The van der Waals surface area contributed by atoms with Crippen LogP contribution in [-0.4, -0.2) is 68.4 Å². The van der Waals surface area contributed by atoms with E-state index in [1.54, 1.807) is 0 Å². The maximum atomic E-state index is 12.5. The topological polar surface area (TPSA) is 97.7 Å². The van der Waals surface area contributed by atoms with E-state index in [-0.39, 0.29) is 6.61 Å². The van der Waals surface area contributed by atoms with E-state index in [0.717, 1.165) is 0 Å². The molecule has 0 radical (unpaired) electrons. The highest BCUT2D eigenvalue weighted by Crippen LogP contribution is 2.38. The molecule has 0 rings (SSSR count). The molecular weight excluding hydrogens is 426 g/mol. The number of alkyl halides is 6. The molecule has 0 aromatic heterocycles. The van der Waals surface area contributed by atoms with Crippen LogP contribution in [0.15, 0.2) is 0 Å². The molecule has 1 N–H and O–H groups in total. The van der Waals surface area contributed by atoms with E-state index in [0.29, 0.717) is 11.5 Å². The van der Waals surface area contributed by atoms with Crippen LogP contribution in [0.3, 0.4) is 0 Å². The molecule has 0 aliphatic carbocycles. The van der Waals surface area contributed by atoms with Gasteiger partial charge in [-0.15, -0.1) is 0 Å². The number of halogens is 6. The maximum Gasteiger partial charge on any atom is 0.498 e. The Labute approximate surface area is 144 Å². The van der Waals surface area contributed by atoms with E-state index in [9.17, 15) is 48.3 Å². The number of sulfone groups is 2. The molecule has 25 heavy (non-hydrogen) atoms. The predicted molar refractivity (Wildman–Crippen MR) is 78.2 cm³/mol. The number of hydrogen-bond acceptors (Lipinski definition) is 7. The molecular formula is C10H16F6O6S3. The fourth-order valence-corrected chi connectivity index (χ4v) is 5.55. The molecule has 0 amide bonds. The lowest BCUT2D eigenvalue weighted by molar-refractivity contribution is -0.0480. The molecule has 152 valence electrons. The van der Waals surface area contributed by atoms with Crippen molar-refractivity contribution in [3.8, 4) is 0 Å². The number of aliphatic hydroxyl groups is 1. The largest absolute Gasteiger partial charge is 0.498 e. The summed E-state index contributed by atoms with van der Waals surface area (Å²) in [5.41, 5.74) is -12.5. The van der Waals surface area contributed by atoms with Crippen LogP contribution >= 0.6 is 11.8 Å². The second-order valence-corrected chi connectivity index (χ2v) is 10.5. The quantitative estimate of drug-likeness (QED) is 0.406. The fraction of sp³-hybridized carbons (Fsp3) is 1.00. The van der Waals surface area contributed by atoms with Crippen molar-refractivity contribution < 1.29 is 53.0 Å². The molecule has 0 fully saturated rings. The zero-order chi connectivity index (χ0) is 20.1. The van der Waals surface area contributed by atoms with Gasteiger partial charge < -0.3 is 9.84 Å². The van der Waals surface area contributed by atoms with Gasteiger partial charge in [-0.2, -0.15) is 38.1 Å². The van der Waals surface area contributed by atoms with Gasteiger partial charge in [-0.25, -0.2) is 16.8 Å². The SMILES string of the molecule is CCSCCOCC(O)CC(S(=O)(=O)C(F)(F)F)S(=O)(=O)C(F)(F)F. The molecule has 0 aliphatic rings. The number of aliphatic hydroxyl groups excluding tert-OH is 1. The number of hydrogen-bond donors (Lipinski definition) is 1. The summed E-state index contributed by atoms with van der Waals surface area (Å²) in [6.07, 6.45) is -3.99. The number of ether oxygens (including phenoxy) is 1. The molecule has 1 atom stereocenters. The van der Waals surface area contributed by atoms with E-state index < -0.39 is 54.4 Å². The summed E-state index contributed by atoms with van der Waals surface area (Å²) in [6.45, 7) is 0.980. The van der Waals surface area contributed by atoms with Crippen LogP contribution in [0, 0.1) is 0 Å². The van der Waals surface area contributed by atoms with Gasteiger partial charge in [0, 0.05) is 12.2 Å². The highest BCUT2D eigenvalue weighted by Gasteiger charge is 2.63. The Bertz CT molecular complexity index is 568. The van der Waals surface area contributed by atoms with E-state index in [2.05, 4.69) is 0 Å². The Balaban J connectivity index is 5.39. The molecule has 0 spiro atoms. The summed E-state index contributed by atoms with van der Waals surface area (Å²) in [4.78, 5) is 0. The zero-order valence-electron chi connectivity index (χ0n) is 12.7. The molecule has 6 nitrogen and oxygen atoms in total. The highest BCUT2D eigenvalue weighted by molar-refractivity contribution is 8.09. The van der Waals surface area contributed by atoms with Crippen molar-refractivity contribution >= 4 is 31.4 Å². The third kappa shape index (κ3) is 6.77. The normalized spacial score (nSPS) is 15.6. The monoisotopic (exact) mass is 442 g/mol. The lowest BCUT2D eigenvalue weighted by Gasteiger charge is -2.23. The summed E-state index contributed by atoms with van der Waals surface area (Å²) < 4.78 is 121. The molecule has 0 saturated heterocycles. The fourth-order valence-electron chi connectivity index (χ4n) is 1.49. The first-order valence-corrected chi connectivity index (χ1v) is 10.8. The van der Waals surface area contributed by atoms with E-state index >= 15 is 0 Å². The third-order valence-corrected chi connectivity index (χ3v) is 8.13. The van der Waals surface area contributed by atoms with Crippen LogP contribution in [0.1, 0.15) is 13.3 Å². The predicted octanol–water partition coefficient (Wildman–Crippen LogP) is 1.70. The van der Waals surface area contributed by atoms with Crippen molar-refractivity contribution in [2.24, 2.45) is 0 Å². The Morgan fingerprint density at radius 3 is 1.80 bits per heavy atom. The van der Waals surface area contributed by atoms with Crippen LogP contribution in [0.5, 0.6) is 0 Å². The summed E-state index contributed by atoms with van der Waals surface area (Å²) >= 11 is 1.39. The van der Waals surface area contributed by atoms with Crippen LogP contribution in [0.25, 0.3) is 0 Å². The molecule has 1 unspecified atom stereocenters. The van der Waals surface area contributed by atoms with Gasteiger partial charge in [0.1, 0.15) is 0 Å². The van der Waals surface area contributed by atoms with Gasteiger partial charge in [0.25, 0.3) is 19.7 Å². The number of thioether (sulfide) groups is 1. The molecule has 0 saturated carbocycles. The smallest absolute Gasteiger partial charge is 0.391 e. The average Bonchev–Trinajstić information content (AvgIpc) is 2.41. The summed E-state index contributed by atoms with van der Waals surface area (Å²) in [5.74, 6) is 1.12. The van der Waals surface area contributed by atoms with Gasteiger partial charge in [-0.1, -0.05) is 6.92 Å². The first-order valence-electron chi connectivity index (χ1n) is 6.52. The second kappa shape index (κ2) is 9.10. The van der Waals surface area contributed by atoms with Crippen molar-refractivity contribution in [1.82, 2.24) is 0 Å². The van der Waals surface area contributed by atoms with Crippen molar-refractivity contribution in [2.75, 3.05) is 24.7 Å². The minimum atomic E-state index is -6.74. The minimum Gasteiger partial charge on any atom is -0.391 e. The molecule has 0 bridgehead atoms. The summed E-state index contributed by atoms with van der Waals surface area (Å²) in [5, 5.41) is 9.44. The van der Waals surface area contributed by atoms with Gasteiger partial charge in [-0.3, -0.25) is 0 Å². The molecule has 0 aromatic carbocycles. The van der Waals surface area contributed by atoms with Crippen LogP contribution < -0.4 is 0 Å². The van der Waals surface area contributed by atoms with Crippen molar-refractivity contribution in [3.63, 3.8) is 0 Å².